The van der Waals surface area contributed by atoms with Crippen molar-refractivity contribution in [3.8, 4) is 0 Å². The summed E-state index contributed by atoms with van der Waals surface area (Å²) in [6.45, 7) is 2.41. The largest absolute Gasteiger partial charge is 0.384 e. The minimum Gasteiger partial charge on any atom is -0.384 e. The van der Waals surface area contributed by atoms with Crippen molar-refractivity contribution in [2.75, 3.05) is 26.7 Å². The lowest BCUT2D eigenvalue weighted by Crippen LogP contribution is -2.43. The van der Waals surface area contributed by atoms with Crippen LogP contribution in [0.15, 0.2) is 18.3 Å². The second-order valence-electron chi connectivity index (χ2n) is 3.74. The molecule has 0 aromatic carbocycles. The first-order chi connectivity index (χ1) is 6.77. The first kappa shape index (κ1) is 9.71. The van der Waals surface area contributed by atoms with Gasteiger partial charge in [0.15, 0.2) is 0 Å². The van der Waals surface area contributed by atoms with E-state index in [0.717, 1.165) is 18.8 Å². The van der Waals surface area contributed by atoms with E-state index in [1.807, 2.05) is 25.4 Å². The van der Waals surface area contributed by atoms with Gasteiger partial charge in [0, 0.05) is 25.0 Å². The van der Waals surface area contributed by atoms with Crippen molar-refractivity contribution >= 4 is 0 Å². The van der Waals surface area contributed by atoms with Gasteiger partial charge in [0.05, 0.1) is 6.61 Å². The smallest absolute Gasteiger partial charge is 0.121 e. The molecule has 0 bridgehead atoms. The lowest BCUT2D eigenvalue weighted by Gasteiger charge is -2.32. The summed E-state index contributed by atoms with van der Waals surface area (Å²) in [5.41, 5.74) is 0.824. The Hall–Kier alpha value is -0.840. The zero-order chi connectivity index (χ0) is 9.97. The van der Waals surface area contributed by atoms with Crippen molar-refractivity contribution in [3.05, 3.63) is 24.0 Å². The van der Waals surface area contributed by atoms with Crippen LogP contribution < -0.4 is 0 Å². The van der Waals surface area contributed by atoms with Crippen LogP contribution in [-0.4, -0.2) is 47.8 Å². The molecule has 4 heteroatoms. The summed E-state index contributed by atoms with van der Waals surface area (Å²) in [7, 11) is 2.04. The highest BCUT2D eigenvalue weighted by Gasteiger charge is 2.26. The molecule has 2 heterocycles. The lowest BCUT2D eigenvalue weighted by molar-refractivity contribution is -0.0855. The normalized spacial score (nSPS) is 26.3. The Kier molecular flexibility index (Phi) is 2.86. The Labute approximate surface area is 83.5 Å². The molecule has 0 saturated carbocycles. The van der Waals surface area contributed by atoms with Crippen LogP contribution in [0.4, 0.5) is 0 Å². The van der Waals surface area contributed by atoms with Crippen LogP contribution in [0.1, 0.15) is 11.8 Å². The quantitative estimate of drug-likeness (QED) is 0.719. The first-order valence-electron chi connectivity index (χ1n) is 4.89. The van der Waals surface area contributed by atoms with Crippen LogP contribution in [0, 0.1) is 0 Å². The molecule has 1 aliphatic heterocycles. The molecule has 14 heavy (non-hydrogen) atoms. The maximum Gasteiger partial charge on any atom is 0.121 e. The zero-order valence-corrected chi connectivity index (χ0v) is 8.31. The molecule has 1 aromatic rings. The number of H-pyrrole nitrogens is 1. The molecule has 4 nitrogen and oxygen atoms in total. The Morgan fingerprint density at radius 2 is 2.57 bits per heavy atom. The van der Waals surface area contributed by atoms with Crippen LogP contribution in [0.3, 0.4) is 0 Å². The number of ether oxygens (including phenoxy) is 1. The highest BCUT2D eigenvalue weighted by molar-refractivity contribution is 5.09. The summed E-state index contributed by atoms with van der Waals surface area (Å²) >= 11 is 0. The first-order valence-corrected chi connectivity index (χ1v) is 4.89. The number of hydrogen-bond acceptors (Lipinski definition) is 3. The van der Waals surface area contributed by atoms with E-state index in [2.05, 4.69) is 9.88 Å². The fourth-order valence-corrected chi connectivity index (χ4v) is 1.73. The second-order valence-corrected chi connectivity index (χ2v) is 3.74. The SMILES string of the molecule is CN1CCOC(C(O)c2ccc[nH]2)C1. The molecule has 2 atom stereocenters. The number of aromatic amines is 1. The fourth-order valence-electron chi connectivity index (χ4n) is 1.73. The maximum atomic E-state index is 9.97. The molecular weight excluding hydrogens is 180 g/mol. The Morgan fingerprint density at radius 3 is 3.21 bits per heavy atom. The third-order valence-corrected chi connectivity index (χ3v) is 2.59. The molecule has 0 radical (unpaired) electrons. The van der Waals surface area contributed by atoms with Gasteiger partial charge in [-0.3, -0.25) is 0 Å². The van der Waals surface area contributed by atoms with Gasteiger partial charge in [0.1, 0.15) is 12.2 Å². The van der Waals surface area contributed by atoms with E-state index in [0.29, 0.717) is 6.61 Å². The van der Waals surface area contributed by atoms with Gasteiger partial charge in [-0.1, -0.05) is 0 Å². The molecule has 0 amide bonds. The third kappa shape index (κ3) is 1.97. The predicted octanol–water partition coefficient (Wildman–Crippen LogP) is 0.379. The molecule has 2 N–H and O–H groups in total. The maximum absolute atomic E-state index is 9.97. The highest BCUT2D eigenvalue weighted by Crippen LogP contribution is 2.20. The lowest BCUT2D eigenvalue weighted by atomic mass is 10.1. The van der Waals surface area contributed by atoms with E-state index in [4.69, 9.17) is 4.74 Å². The van der Waals surface area contributed by atoms with Crippen molar-refractivity contribution in [1.29, 1.82) is 0 Å². The van der Waals surface area contributed by atoms with Crippen molar-refractivity contribution in [2.24, 2.45) is 0 Å². The molecule has 1 saturated heterocycles. The molecule has 2 unspecified atom stereocenters. The van der Waals surface area contributed by atoms with Gasteiger partial charge in [-0.15, -0.1) is 0 Å². The van der Waals surface area contributed by atoms with E-state index >= 15 is 0 Å². The van der Waals surface area contributed by atoms with Crippen LogP contribution in [-0.2, 0) is 4.74 Å². The summed E-state index contributed by atoms with van der Waals surface area (Å²) in [4.78, 5) is 5.17. The number of aliphatic hydroxyl groups excluding tert-OH is 1. The average Bonchev–Trinajstić information content (AvgIpc) is 2.69. The Balaban J connectivity index is 2.00. The van der Waals surface area contributed by atoms with Crippen LogP contribution >= 0.6 is 0 Å². The highest BCUT2D eigenvalue weighted by atomic mass is 16.5. The molecule has 78 valence electrons. The minimum absolute atomic E-state index is 0.118. The number of nitrogens with one attached hydrogen (secondary N) is 1. The predicted molar refractivity (Wildman–Crippen MR) is 53.0 cm³/mol. The molecule has 0 aliphatic carbocycles. The Bertz CT molecular complexity index is 274. The topological polar surface area (TPSA) is 48.5 Å². The number of likely N-dealkylation sites (N-methyl/N-ethyl adjacent to an activating group) is 1. The Morgan fingerprint density at radius 1 is 1.71 bits per heavy atom. The van der Waals surface area contributed by atoms with Gasteiger partial charge in [-0.2, -0.15) is 0 Å². The number of aromatic nitrogens is 1. The number of nitrogens with zero attached hydrogens (tertiary/aromatic N) is 1. The fraction of sp³-hybridized carbons (Fsp3) is 0.600. The zero-order valence-electron chi connectivity index (χ0n) is 8.31. The third-order valence-electron chi connectivity index (χ3n) is 2.59. The molecule has 1 aliphatic rings. The standard InChI is InChI=1S/C10H16N2O2/c1-12-5-6-14-9(7-12)10(13)8-3-2-4-11-8/h2-4,9-11,13H,5-7H2,1H3. The van der Waals surface area contributed by atoms with E-state index in [9.17, 15) is 5.11 Å². The molecule has 1 fully saturated rings. The molecule has 1 aromatic heterocycles. The van der Waals surface area contributed by atoms with Gasteiger partial charge in [0.25, 0.3) is 0 Å². The van der Waals surface area contributed by atoms with Gasteiger partial charge in [-0.05, 0) is 19.2 Å². The minimum atomic E-state index is -0.548. The van der Waals surface area contributed by atoms with Crippen molar-refractivity contribution in [1.82, 2.24) is 9.88 Å². The van der Waals surface area contributed by atoms with E-state index in [-0.39, 0.29) is 6.10 Å². The number of aliphatic hydroxyl groups is 1. The van der Waals surface area contributed by atoms with Gasteiger partial charge in [0.2, 0.25) is 0 Å². The molecule has 2 rings (SSSR count). The van der Waals surface area contributed by atoms with E-state index in [1.54, 1.807) is 0 Å². The van der Waals surface area contributed by atoms with Crippen molar-refractivity contribution in [3.63, 3.8) is 0 Å². The summed E-state index contributed by atoms with van der Waals surface area (Å²) in [5.74, 6) is 0. The number of rotatable bonds is 2. The summed E-state index contributed by atoms with van der Waals surface area (Å²) < 4.78 is 5.52. The van der Waals surface area contributed by atoms with Gasteiger partial charge >= 0.3 is 0 Å². The van der Waals surface area contributed by atoms with Crippen molar-refractivity contribution < 1.29 is 9.84 Å². The van der Waals surface area contributed by atoms with Gasteiger partial charge < -0.3 is 19.7 Å². The van der Waals surface area contributed by atoms with E-state index in [1.165, 1.54) is 0 Å². The van der Waals surface area contributed by atoms with Crippen molar-refractivity contribution in [2.45, 2.75) is 12.2 Å². The number of hydrogen-bond donors (Lipinski definition) is 2. The number of morpholine rings is 1. The van der Waals surface area contributed by atoms with E-state index < -0.39 is 6.10 Å². The van der Waals surface area contributed by atoms with Crippen LogP contribution in [0.2, 0.25) is 0 Å². The average molecular weight is 196 g/mol. The van der Waals surface area contributed by atoms with Crippen LogP contribution in [0.5, 0.6) is 0 Å². The monoisotopic (exact) mass is 196 g/mol. The summed E-state index contributed by atoms with van der Waals surface area (Å²) in [6.07, 6.45) is 1.14. The van der Waals surface area contributed by atoms with Gasteiger partial charge in [-0.25, -0.2) is 0 Å². The molecular formula is C10H16N2O2. The molecule has 0 spiro atoms. The van der Waals surface area contributed by atoms with Crippen LogP contribution in [0.25, 0.3) is 0 Å². The second kappa shape index (κ2) is 4.13. The summed E-state index contributed by atoms with van der Waals surface area (Å²) in [6, 6.07) is 3.76. The summed E-state index contributed by atoms with van der Waals surface area (Å²) in [5, 5.41) is 9.97.